The molecule has 0 saturated carbocycles. The molecule has 0 radical (unpaired) electrons. The second kappa shape index (κ2) is 9.51. The predicted octanol–water partition coefficient (Wildman–Crippen LogP) is 1.87. The van der Waals surface area contributed by atoms with Gasteiger partial charge in [-0.15, -0.1) is 0 Å². The lowest BCUT2D eigenvalue weighted by Gasteiger charge is -2.14. The van der Waals surface area contributed by atoms with Gasteiger partial charge in [0.1, 0.15) is 0 Å². The van der Waals surface area contributed by atoms with Crippen LogP contribution in [0, 0.1) is 0 Å². The zero-order valence-corrected chi connectivity index (χ0v) is 15.0. The maximum atomic E-state index is 12.0. The minimum Gasteiger partial charge on any atom is -0.493 e. The monoisotopic (exact) mass is 352 g/mol. The second-order valence-electron chi connectivity index (χ2n) is 5.78. The number of imide groups is 1. The lowest BCUT2D eigenvalue weighted by Crippen LogP contribution is -2.44. The minimum atomic E-state index is -0.724. The van der Waals surface area contributed by atoms with E-state index in [1.165, 1.54) is 19.2 Å². The smallest absolute Gasteiger partial charge is 0.338 e. The third-order valence-corrected chi connectivity index (χ3v) is 2.77. The Balaban J connectivity index is 2.62. The molecule has 1 rings (SSSR count). The van der Waals surface area contributed by atoms with Gasteiger partial charge in [-0.2, -0.15) is 0 Å². The molecular weight excluding hydrogens is 328 g/mol. The van der Waals surface area contributed by atoms with Crippen LogP contribution in [0.1, 0.15) is 38.1 Å². The van der Waals surface area contributed by atoms with Crippen LogP contribution < -0.4 is 20.1 Å². The van der Waals surface area contributed by atoms with Gasteiger partial charge in [-0.05, 0) is 45.9 Å². The first-order valence-electron chi connectivity index (χ1n) is 7.85. The van der Waals surface area contributed by atoms with Gasteiger partial charge >= 0.3 is 12.0 Å². The fourth-order valence-corrected chi connectivity index (χ4v) is 1.82. The van der Waals surface area contributed by atoms with Gasteiger partial charge in [0.25, 0.3) is 5.91 Å². The number of ether oxygens (including phenoxy) is 3. The van der Waals surface area contributed by atoms with Crippen molar-refractivity contribution in [1.29, 1.82) is 0 Å². The van der Waals surface area contributed by atoms with Gasteiger partial charge in [-0.1, -0.05) is 0 Å². The summed E-state index contributed by atoms with van der Waals surface area (Å²) in [5.74, 6) is -0.562. The van der Waals surface area contributed by atoms with Crippen LogP contribution in [0.4, 0.5) is 4.79 Å². The van der Waals surface area contributed by atoms with Crippen molar-refractivity contribution in [3.05, 3.63) is 23.8 Å². The van der Waals surface area contributed by atoms with Gasteiger partial charge in [0.05, 0.1) is 18.8 Å². The average molecular weight is 352 g/mol. The van der Waals surface area contributed by atoms with Crippen LogP contribution in [-0.4, -0.2) is 43.8 Å². The molecule has 1 aromatic carbocycles. The van der Waals surface area contributed by atoms with Crippen LogP contribution in [0.3, 0.4) is 0 Å². The highest BCUT2D eigenvalue weighted by Crippen LogP contribution is 2.29. The highest BCUT2D eigenvalue weighted by atomic mass is 16.5. The van der Waals surface area contributed by atoms with Gasteiger partial charge in [-0.25, -0.2) is 9.59 Å². The van der Waals surface area contributed by atoms with Crippen LogP contribution in [0.25, 0.3) is 0 Å². The van der Waals surface area contributed by atoms with Crippen molar-refractivity contribution in [3.63, 3.8) is 0 Å². The van der Waals surface area contributed by atoms with Gasteiger partial charge < -0.3 is 19.5 Å². The van der Waals surface area contributed by atoms with E-state index in [0.717, 1.165) is 0 Å². The number of urea groups is 1. The molecule has 2 N–H and O–H groups in total. The van der Waals surface area contributed by atoms with Crippen molar-refractivity contribution in [2.24, 2.45) is 0 Å². The Bertz CT molecular complexity index is 628. The summed E-state index contributed by atoms with van der Waals surface area (Å²) in [5.41, 5.74) is 0.201. The summed E-state index contributed by atoms with van der Waals surface area (Å²) in [7, 11) is 1.46. The largest absolute Gasteiger partial charge is 0.493 e. The lowest BCUT2D eigenvalue weighted by molar-refractivity contribution is -0.123. The fourth-order valence-electron chi connectivity index (χ4n) is 1.82. The number of esters is 1. The summed E-state index contributed by atoms with van der Waals surface area (Å²) in [6.07, 6.45) is -0.0487. The molecule has 0 spiro atoms. The molecule has 25 heavy (non-hydrogen) atoms. The number of benzene rings is 1. The summed E-state index contributed by atoms with van der Waals surface area (Å²) in [4.78, 5) is 35.0. The van der Waals surface area contributed by atoms with Crippen molar-refractivity contribution in [3.8, 4) is 11.5 Å². The van der Waals surface area contributed by atoms with E-state index in [1.807, 2.05) is 13.8 Å². The van der Waals surface area contributed by atoms with Crippen LogP contribution >= 0.6 is 0 Å². The highest BCUT2D eigenvalue weighted by Gasteiger charge is 2.15. The van der Waals surface area contributed by atoms with E-state index in [1.54, 1.807) is 19.9 Å². The fraction of sp³-hybridized carbons (Fsp3) is 0.471. The van der Waals surface area contributed by atoms with E-state index >= 15 is 0 Å². The number of carbonyl (C=O) groups excluding carboxylic acids is 3. The summed E-state index contributed by atoms with van der Waals surface area (Å²) in [6.45, 7) is 6.68. The van der Waals surface area contributed by atoms with Crippen molar-refractivity contribution in [1.82, 2.24) is 10.6 Å². The molecule has 0 heterocycles. The third-order valence-electron chi connectivity index (χ3n) is 2.77. The Morgan fingerprint density at radius 3 is 2.32 bits per heavy atom. The topological polar surface area (TPSA) is 103 Å². The molecule has 1 aromatic rings. The first kappa shape index (κ1) is 20.3. The Kier molecular flexibility index (Phi) is 7.71. The summed E-state index contributed by atoms with van der Waals surface area (Å²) >= 11 is 0. The van der Waals surface area contributed by atoms with E-state index in [0.29, 0.717) is 11.5 Å². The summed E-state index contributed by atoms with van der Waals surface area (Å²) in [6, 6.07) is 3.79. The molecule has 8 nitrogen and oxygen atoms in total. The molecule has 0 atom stereocenters. The predicted molar refractivity (Wildman–Crippen MR) is 90.9 cm³/mol. The standard InChI is InChI=1S/C17H24N2O6/c1-10(2)18-17(22)19-15(20)9-24-16(21)12-6-7-13(25-11(3)4)14(8-12)23-5/h6-8,10-11H,9H2,1-5H3,(H2,18,19,20,22). The molecule has 138 valence electrons. The van der Waals surface area contributed by atoms with Gasteiger partial charge in [0, 0.05) is 6.04 Å². The van der Waals surface area contributed by atoms with Crippen LogP contribution in [0.15, 0.2) is 18.2 Å². The van der Waals surface area contributed by atoms with Crippen molar-refractivity contribution < 1.29 is 28.6 Å². The molecular formula is C17H24N2O6. The number of hydrogen-bond donors (Lipinski definition) is 2. The van der Waals surface area contributed by atoms with Crippen molar-refractivity contribution in [2.45, 2.75) is 39.8 Å². The zero-order chi connectivity index (χ0) is 19.0. The maximum absolute atomic E-state index is 12.0. The Morgan fingerprint density at radius 2 is 1.76 bits per heavy atom. The number of nitrogens with one attached hydrogen (secondary N) is 2. The molecule has 0 aliphatic carbocycles. The van der Waals surface area contributed by atoms with Gasteiger partial charge in [0.15, 0.2) is 18.1 Å². The lowest BCUT2D eigenvalue weighted by atomic mass is 10.2. The molecule has 0 aliphatic rings. The van der Waals surface area contributed by atoms with Crippen LogP contribution in [0.2, 0.25) is 0 Å². The van der Waals surface area contributed by atoms with Gasteiger partial charge in [-0.3, -0.25) is 10.1 Å². The molecule has 0 aromatic heterocycles. The molecule has 0 fully saturated rings. The molecule has 3 amide bonds. The normalized spacial score (nSPS) is 10.4. The van der Waals surface area contributed by atoms with Crippen LogP contribution in [0.5, 0.6) is 11.5 Å². The summed E-state index contributed by atoms with van der Waals surface area (Å²) in [5, 5.41) is 4.55. The van der Waals surface area contributed by atoms with Crippen LogP contribution in [-0.2, 0) is 9.53 Å². The SMILES string of the molecule is COc1cc(C(=O)OCC(=O)NC(=O)NC(C)C)ccc1OC(C)C. The average Bonchev–Trinajstić information content (AvgIpc) is 2.51. The maximum Gasteiger partial charge on any atom is 0.338 e. The highest BCUT2D eigenvalue weighted by molar-refractivity contribution is 5.97. The molecule has 0 saturated heterocycles. The zero-order valence-electron chi connectivity index (χ0n) is 15.0. The van der Waals surface area contributed by atoms with Gasteiger partial charge in [0.2, 0.25) is 0 Å². The number of hydrogen-bond acceptors (Lipinski definition) is 6. The summed E-state index contributed by atoms with van der Waals surface area (Å²) < 4.78 is 15.6. The van der Waals surface area contributed by atoms with E-state index in [2.05, 4.69) is 10.6 Å². The molecule has 0 unspecified atom stereocenters. The minimum absolute atomic E-state index is 0.0487. The number of methoxy groups -OCH3 is 1. The number of rotatable bonds is 7. The van der Waals surface area contributed by atoms with E-state index in [4.69, 9.17) is 14.2 Å². The second-order valence-corrected chi connectivity index (χ2v) is 5.78. The van der Waals surface area contributed by atoms with Crippen molar-refractivity contribution >= 4 is 17.9 Å². The Labute approximate surface area is 146 Å². The molecule has 0 bridgehead atoms. The van der Waals surface area contributed by atoms with E-state index < -0.39 is 24.5 Å². The van der Waals surface area contributed by atoms with E-state index in [-0.39, 0.29) is 17.7 Å². The van der Waals surface area contributed by atoms with E-state index in [9.17, 15) is 14.4 Å². The first-order valence-corrected chi connectivity index (χ1v) is 7.85. The Hall–Kier alpha value is -2.77. The molecule has 8 heteroatoms. The first-order chi connectivity index (χ1) is 11.7. The Morgan fingerprint density at radius 1 is 1.08 bits per heavy atom. The quantitative estimate of drug-likeness (QED) is 0.726. The molecule has 0 aliphatic heterocycles. The number of amides is 3. The van der Waals surface area contributed by atoms with Crippen molar-refractivity contribution in [2.75, 3.05) is 13.7 Å². The third kappa shape index (κ3) is 7.11. The number of carbonyl (C=O) groups is 3.